The number of allylic oxidation sites excluding steroid dienone is 2. The smallest absolute Gasteiger partial charge is 0.315 e. The van der Waals surface area contributed by atoms with Crippen molar-refractivity contribution in [2.24, 2.45) is 16.3 Å². The molecule has 3 rings (SSSR count). The Morgan fingerprint density at radius 3 is 2.34 bits per heavy atom. The fraction of sp³-hybridized carbons (Fsp3) is 0.542. The molecule has 0 aromatic heterocycles. The van der Waals surface area contributed by atoms with Crippen LogP contribution in [0.15, 0.2) is 40.5 Å². The Balaban J connectivity index is 2.13. The van der Waals surface area contributed by atoms with Gasteiger partial charge in [-0.2, -0.15) is 0 Å². The molecule has 0 saturated heterocycles. The van der Waals surface area contributed by atoms with E-state index < -0.39 is 5.92 Å². The number of benzene rings is 1. The highest BCUT2D eigenvalue weighted by atomic mass is 16.5. The van der Waals surface area contributed by atoms with E-state index in [1.165, 1.54) is 0 Å². The minimum Gasteiger partial charge on any atom is -0.462 e. The molecule has 1 aliphatic heterocycles. The van der Waals surface area contributed by atoms with Gasteiger partial charge in [-0.25, -0.2) is 0 Å². The molecule has 1 heterocycles. The van der Waals surface area contributed by atoms with Crippen LogP contribution in [0.2, 0.25) is 0 Å². The van der Waals surface area contributed by atoms with E-state index in [9.17, 15) is 9.59 Å². The molecule has 1 aromatic carbocycles. The van der Waals surface area contributed by atoms with Gasteiger partial charge in [-0.1, -0.05) is 26.0 Å². The Morgan fingerprint density at radius 1 is 1.17 bits per heavy atom. The first-order valence-electron chi connectivity index (χ1n) is 10.3. The van der Waals surface area contributed by atoms with Crippen LogP contribution in [0.5, 0.6) is 0 Å². The number of aliphatic imine (C=N–C) groups is 1. The molecule has 1 aliphatic carbocycles. The number of Topliss-reactive ketones (excluding diaryl/α,β-unsaturated/α-hetero) is 1. The Hall–Kier alpha value is -2.43. The molecule has 0 fully saturated rings. The lowest BCUT2D eigenvalue weighted by Gasteiger charge is -2.39. The topological polar surface area (TPSA) is 59.0 Å². The molecule has 2 atom stereocenters. The fourth-order valence-electron chi connectivity index (χ4n) is 4.40. The summed E-state index contributed by atoms with van der Waals surface area (Å²) in [5.74, 6) is -1.15. The van der Waals surface area contributed by atoms with E-state index in [2.05, 4.69) is 13.8 Å². The lowest BCUT2D eigenvalue weighted by molar-refractivity contribution is -0.150. The van der Waals surface area contributed by atoms with Crippen molar-refractivity contribution in [3.8, 4) is 0 Å². The van der Waals surface area contributed by atoms with Crippen LogP contribution in [-0.2, 0) is 14.3 Å². The van der Waals surface area contributed by atoms with Gasteiger partial charge in [-0.05, 0) is 50.3 Å². The van der Waals surface area contributed by atoms with Gasteiger partial charge in [0.05, 0.1) is 6.10 Å². The largest absolute Gasteiger partial charge is 0.462 e. The second-order valence-corrected chi connectivity index (χ2v) is 9.48. The summed E-state index contributed by atoms with van der Waals surface area (Å²) in [6, 6.07) is 8.09. The van der Waals surface area contributed by atoms with Gasteiger partial charge in [0.15, 0.2) is 5.78 Å². The van der Waals surface area contributed by atoms with Gasteiger partial charge in [0.1, 0.15) is 5.92 Å². The van der Waals surface area contributed by atoms with Crippen molar-refractivity contribution < 1.29 is 14.3 Å². The van der Waals surface area contributed by atoms with E-state index >= 15 is 0 Å². The standard InChI is InChI=1S/C24H32N2O3/c1-14(2)29-23(28)20-15(3)25-18-12-24(4,5)13-19(27)22(18)21(20)16-8-10-17(11-9-16)26(6)7/h8-11,14,20-21H,12-13H2,1-7H3/t20?,21-/m1/s1. The van der Waals surface area contributed by atoms with Crippen LogP contribution in [0.4, 0.5) is 5.69 Å². The Morgan fingerprint density at radius 2 is 1.79 bits per heavy atom. The number of carbonyl (C=O) groups is 2. The third-order valence-electron chi connectivity index (χ3n) is 5.68. The number of hydrogen-bond donors (Lipinski definition) is 0. The summed E-state index contributed by atoms with van der Waals surface area (Å²) in [5.41, 5.74) is 4.15. The summed E-state index contributed by atoms with van der Waals surface area (Å²) < 4.78 is 5.57. The molecule has 0 spiro atoms. The third-order valence-corrected chi connectivity index (χ3v) is 5.68. The summed E-state index contributed by atoms with van der Waals surface area (Å²) in [4.78, 5) is 33.0. The third kappa shape index (κ3) is 4.29. The number of hydrogen-bond acceptors (Lipinski definition) is 5. The van der Waals surface area contributed by atoms with Crippen molar-refractivity contribution in [3.63, 3.8) is 0 Å². The van der Waals surface area contributed by atoms with Gasteiger partial charge in [0.2, 0.25) is 0 Å². The van der Waals surface area contributed by atoms with E-state index in [0.29, 0.717) is 12.0 Å². The van der Waals surface area contributed by atoms with Crippen molar-refractivity contribution in [2.75, 3.05) is 19.0 Å². The highest BCUT2D eigenvalue weighted by Crippen LogP contribution is 2.48. The zero-order valence-electron chi connectivity index (χ0n) is 18.6. The Kier molecular flexibility index (Phi) is 5.70. The first-order valence-corrected chi connectivity index (χ1v) is 10.3. The first kappa shape index (κ1) is 21.3. The Labute approximate surface area is 173 Å². The zero-order valence-corrected chi connectivity index (χ0v) is 18.6. The number of carbonyl (C=O) groups excluding carboxylic acids is 2. The van der Waals surface area contributed by atoms with Gasteiger partial charge in [0.25, 0.3) is 0 Å². The molecule has 5 nitrogen and oxygen atoms in total. The highest BCUT2D eigenvalue weighted by molar-refractivity contribution is 6.09. The minimum atomic E-state index is -0.577. The van der Waals surface area contributed by atoms with Crippen LogP contribution in [-0.4, -0.2) is 37.7 Å². The number of ether oxygens (including phenoxy) is 1. The lowest BCUT2D eigenvalue weighted by Crippen LogP contribution is -2.40. The van der Waals surface area contributed by atoms with Gasteiger partial charge < -0.3 is 9.64 Å². The molecule has 156 valence electrons. The molecule has 0 radical (unpaired) electrons. The molecule has 0 N–H and O–H groups in total. The molecule has 0 bridgehead atoms. The van der Waals surface area contributed by atoms with E-state index in [1.807, 2.05) is 64.0 Å². The van der Waals surface area contributed by atoms with Crippen LogP contribution in [0, 0.1) is 11.3 Å². The zero-order chi connectivity index (χ0) is 21.5. The van der Waals surface area contributed by atoms with Crippen LogP contribution in [0.3, 0.4) is 0 Å². The monoisotopic (exact) mass is 396 g/mol. The van der Waals surface area contributed by atoms with Gasteiger partial charge in [-0.3, -0.25) is 14.6 Å². The van der Waals surface area contributed by atoms with Gasteiger partial charge in [0, 0.05) is 49.1 Å². The van der Waals surface area contributed by atoms with Crippen LogP contribution in [0.1, 0.15) is 58.9 Å². The normalized spacial score (nSPS) is 23.6. The van der Waals surface area contributed by atoms with Crippen molar-refractivity contribution in [2.45, 2.75) is 59.5 Å². The summed E-state index contributed by atoms with van der Waals surface area (Å²) in [5, 5.41) is 0. The second-order valence-electron chi connectivity index (χ2n) is 9.48. The molecule has 0 amide bonds. The number of ketones is 1. The number of anilines is 1. The summed E-state index contributed by atoms with van der Waals surface area (Å²) >= 11 is 0. The van der Waals surface area contributed by atoms with E-state index in [0.717, 1.165) is 29.1 Å². The molecule has 0 saturated carbocycles. The summed E-state index contributed by atoms with van der Waals surface area (Å²) in [7, 11) is 3.98. The molecule has 29 heavy (non-hydrogen) atoms. The summed E-state index contributed by atoms with van der Waals surface area (Å²) in [6.07, 6.45) is 0.992. The van der Waals surface area contributed by atoms with Crippen LogP contribution < -0.4 is 4.90 Å². The number of esters is 1. The number of rotatable bonds is 4. The van der Waals surface area contributed by atoms with Gasteiger partial charge in [-0.15, -0.1) is 0 Å². The van der Waals surface area contributed by atoms with E-state index in [-0.39, 0.29) is 29.2 Å². The lowest BCUT2D eigenvalue weighted by atomic mass is 9.67. The molecule has 1 unspecified atom stereocenters. The molecular weight excluding hydrogens is 364 g/mol. The first-order chi connectivity index (χ1) is 13.5. The molecule has 1 aromatic rings. The van der Waals surface area contributed by atoms with Crippen molar-refractivity contribution >= 4 is 23.2 Å². The van der Waals surface area contributed by atoms with E-state index in [1.54, 1.807) is 0 Å². The van der Waals surface area contributed by atoms with Crippen LogP contribution in [0.25, 0.3) is 0 Å². The maximum absolute atomic E-state index is 13.2. The average Bonchev–Trinajstić information content (AvgIpc) is 2.58. The minimum absolute atomic E-state index is 0.0940. The van der Waals surface area contributed by atoms with Crippen molar-refractivity contribution in [1.82, 2.24) is 0 Å². The predicted molar refractivity (Wildman–Crippen MR) is 116 cm³/mol. The molecule has 2 aliphatic rings. The SMILES string of the molecule is CC1=NC2=C(C(=O)CC(C)(C)C2)[C@H](c2ccc(N(C)C)cc2)C1C(=O)OC(C)C. The second kappa shape index (κ2) is 7.77. The predicted octanol–water partition coefficient (Wildman–Crippen LogP) is 4.52. The van der Waals surface area contributed by atoms with Crippen molar-refractivity contribution in [3.05, 3.63) is 41.1 Å². The van der Waals surface area contributed by atoms with Crippen molar-refractivity contribution in [1.29, 1.82) is 0 Å². The molecular formula is C24H32N2O3. The van der Waals surface area contributed by atoms with Crippen LogP contribution >= 0.6 is 0 Å². The van der Waals surface area contributed by atoms with E-state index in [4.69, 9.17) is 9.73 Å². The summed E-state index contributed by atoms with van der Waals surface area (Å²) in [6.45, 7) is 9.75. The molecule has 5 heteroatoms. The average molecular weight is 397 g/mol. The Bertz CT molecular complexity index is 876. The number of nitrogens with zero attached hydrogens (tertiary/aromatic N) is 2. The quantitative estimate of drug-likeness (QED) is 0.702. The maximum atomic E-state index is 13.2. The fourth-order valence-corrected chi connectivity index (χ4v) is 4.40. The maximum Gasteiger partial charge on any atom is 0.315 e. The highest BCUT2D eigenvalue weighted by Gasteiger charge is 2.46. The van der Waals surface area contributed by atoms with Gasteiger partial charge >= 0.3 is 5.97 Å².